The van der Waals surface area contributed by atoms with Gasteiger partial charge in [0.15, 0.2) is 0 Å². The Kier molecular flexibility index (Phi) is 9.18. The minimum absolute atomic E-state index is 0.272. The highest BCUT2D eigenvalue weighted by atomic mass is 127. The van der Waals surface area contributed by atoms with Crippen LogP contribution in [-0.2, 0) is 0 Å². The topological polar surface area (TPSA) is 9.72 Å². The number of rotatable bonds is 8. The van der Waals surface area contributed by atoms with Gasteiger partial charge in [0.1, 0.15) is 0 Å². The molecule has 0 atom stereocenters. The molecule has 0 aromatic rings. The second kappa shape index (κ2) is 8.91. The van der Waals surface area contributed by atoms with Crippen LogP contribution < -0.4 is 0 Å². The molecular formula is C16H36IN3. The monoisotopic (exact) mass is 397 g/mol. The summed E-state index contributed by atoms with van der Waals surface area (Å²) in [5.41, 5.74) is 0.557. The molecule has 0 aromatic heterocycles. The Bertz CT molecular complexity index is 229. The van der Waals surface area contributed by atoms with E-state index in [1.54, 1.807) is 0 Å². The van der Waals surface area contributed by atoms with Gasteiger partial charge in [0, 0.05) is 40.5 Å². The van der Waals surface area contributed by atoms with Crippen LogP contribution in [-0.4, -0.2) is 64.3 Å². The normalized spacial score (nSPS) is 13.8. The average molecular weight is 397 g/mol. The maximum absolute atomic E-state index is 2.46. The van der Waals surface area contributed by atoms with E-state index in [-0.39, 0.29) is 11.1 Å². The Balaban J connectivity index is 3.73. The van der Waals surface area contributed by atoms with E-state index in [2.05, 4.69) is 91.4 Å². The number of nitrogens with zero attached hydrogens (tertiary/aromatic N) is 3. The van der Waals surface area contributed by atoms with E-state index in [4.69, 9.17) is 0 Å². The molecule has 0 unspecified atom stereocenters. The second-order valence-electron chi connectivity index (χ2n) is 7.86. The Morgan fingerprint density at radius 2 is 1.15 bits per heavy atom. The van der Waals surface area contributed by atoms with Gasteiger partial charge >= 0.3 is 0 Å². The third kappa shape index (κ3) is 9.53. The van der Waals surface area contributed by atoms with Crippen molar-refractivity contribution in [3.8, 4) is 0 Å². The highest BCUT2D eigenvalue weighted by Crippen LogP contribution is 2.18. The van der Waals surface area contributed by atoms with E-state index >= 15 is 0 Å². The van der Waals surface area contributed by atoms with Crippen molar-refractivity contribution in [2.75, 3.05) is 40.3 Å². The smallest absolute Gasteiger partial charge is 0.0220 e. The Labute approximate surface area is 141 Å². The van der Waals surface area contributed by atoms with E-state index < -0.39 is 0 Å². The average Bonchev–Trinajstić information content (AvgIpc) is 2.26. The van der Waals surface area contributed by atoms with Crippen LogP contribution in [0.25, 0.3) is 0 Å². The molecule has 0 fully saturated rings. The molecule has 0 saturated carbocycles. The van der Waals surface area contributed by atoms with E-state index in [0.29, 0.717) is 0 Å². The summed E-state index contributed by atoms with van der Waals surface area (Å²) in [6, 6.07) is 0. The predicted molar refractivity (Wildman–Crippen MR) is 99.6 cm³/mol. The summed E-state index contributed by atoms with van der Waals surface area (Å²) in [5, 5.41) is 0. The van der Waals surface area contributed by atoms with E-state index in [1.165, 1.54) is 32.5 Å². The van der Waals surface area contributed by atoms with Gasteiger partial charge in [-0.1, -0.05) is 0 Å². The lowest BCUT2D eigenvalue weighted by molar-refractivity contribution is 0.165. The second-order valence-corrected chi connectivity index (χ2v) is 9.02. The first-order valence-electron chi connectivity index (χ1n) is 7.78. The maximum Gasteiger partial charge on any atom is 0.0220 e. The van der Waals surface area contributed by atoms with Crippen LogP contribution in [0, 0.1) is 0 Å². The zero-order chi connectivity index (χ0) is 16.0. The minimum atomic E-state index is 0.272. The molecule has 4 heteroatoms. The van der Waals surface area contributed by atoms with Gasteiger partial charge in [-0.3, -0.25) is 0 Å². The summed E-state index contributed by atoms with van der Waals surface area (Å²) < 4.78 is 2.41. The van der Waals surface area contributed by atoms with Crippen molar-refractivity contribution in [1.29, 1.82) is 0 Å². The summed E-state index contributed by atoms with van der Waals surface area (Å²) in [5.74, 6) is 0. The largest absolute Gasteiger partial charge is 0.306 e. The fourth-order valence-corrected chi connectivity index (χ4v) is 2.18. The molecule has 0 aliphatic heterocycles. The van der Waals surface area contributed by atoms with Gasteiger partial charge < -0.3 is 9.80 Å². The number of hydrogen-bond donors (Lipinski definition) is 0. The molecule has 0 spiro atoms. The third-order valence-electron chi connectivity index (χ3n) is 3.80. The lowest BCUT2D eigenvalue weighted by Crippen LogP contribution is -2.39. The van der Waals surface area contributed by atoms with Gasteiger partial charge in [0.2, 0.25) is 0 Å². The molecule has 0 radical (unpaired) electrons. The molecule has 122 valence electrons. The third-order valence-corrected chi connectivity index (χ3v) is 5.73. The molecule has 20 heavy (non-hydrogen) atoms. The van der Waals surface area contributed by atoms with Gasteiger partial charge in [0.05, 0.1) is 0 Å². The Hall–Kier alpha value is 0.610. The van der Waals surface area contributed by atoms with Crippen molar-refractivity contribution < 1.29 is 0 Å². The lowest BCUT2D eigenvalue weighted by Gasteiger charge is -2.32. The first-order valence-corrected chi connectivity index (χ1v) is 8.74. The van der Waals surface area contributed by atoms with E-state index in [1.807, 2.05) is 0 Å². The van der Waals surface area contributed by atoms with Crippen LogP contribution in [0.3, 0.4) is 0 Å². The molecule has 3 nitrogen and oxygen atoms in total. The van der Waals surface area contributed by atoms with Crippen LogP contribution in [0.2, 0.25) is 0 Å². The van der Waals surface area contributed by atoms with E-state index in [9.17, 15) is 0 Å². The van der Waals surface area contributed by atoms with Crippen LogP contribution in [0.5, 0.6) is 0 Å². The summed E-state index contributed by atoms with van der Waals surface area (Å²) in [4.78, 5) is 4.90. The van der Waals surface area contributed by atoms with E-state index in [0.717, 1.165) is 6.54 Å². The van der Waals surface area contributed by atoms with Crippen molar-refractivity contribution in [3.63, 3.8) is 0 Å². The highest BCUT2D eigenvalue weighted by Gasteiger charge is 2.18. The van der Waals surface area contributed by atoms with Crippen molar-refractivity contribution in [1.82, 2.24) is 12.9 Å². The summed E-state index contributed by atoms with van der Waals surface area (Å²) in [6.45, 7) is 18.4. The Morgan fingerprint density at radius 3 is 1.55 bits per heavy atom. The van der Waals surface area contributed by atoms with Crippen molar-refractivity contribution in [3.05, 3.63) is 0 Å². The summed E-state index contributed by atoms with van der Waals surface area (Å²) >= 11 is 2.45. The van der Waals surface area contributed by atoms with Crippen LogP contribution >= 0.6 is 22.9 Å². The van der Waals surface area contributed by atoms with Gasteiger partial charge in [-0.15, -0.1) is 0 Å². The molecule has 0 aromatic carbocycles. The van der Waals surface area contributed by atoms with Gasteiger partial charge in [-0.2, -0.15) is 0 Å². The molecule has 0 bridgehead atoms. The first kappa shape index (κ1) is 20.6. The molecular weight excluding hydrogens is 361 g/mol. The van der Waals surface area contributed by atoms with Crippen molar-refractivity contribution in [2.24, 2.45) is 0 Å². The quantitative estimate of drug-likeness (QED) is 0.455. The zero-order valence-electron chi connectivity index (χ0n) is 15.0. The van der Waals surface area contributed by atoms with Gasteiger partial charge in [-0.05, 0) is 88.1 Å². The zero-order valence-corrected chi connectivity index (χ0v) is 17.1. The maximum atomic E-state index is 2.46. The van der Waals surface area contributed by atoms with Gasteiger partial charge in [0.25, 0.3) is 0 Å². The Morgan fingerprint density at radius 1 is 0.700 bits per heavy atom. The molecule has 0 aliphatic carbocycles. The predicted octanol–water partition coefficient (Wildman–Crippen LogP) is 3.88. The molecule has 0 aliphatic rings. The first-order chi connectivity index (χ1) is 8.94. The van der Waals surface area contributed by atoms with Crippen LogP contribution in [0.1, 0.15) is 54.4 Å². The molecule has 0 rings (SSSR count). The van der Waals surface area contributed by atoms with Crippen molar-refractivity contribution in [2.45, 2.75) is 65.5 Å². The fraction of sp³-hybridized carbons (Fsp3) is 1.00. The molecule has 0 amide bonds. The van der Waals surface area contributed by atoms with Gasteiger partial charge in [-0.25, -0.2) is 3.11 Å². The van der Waals surface area contributed by atoms with Crippen LogP contribution in [0.4, 0.5) is 0 Å². The SMILES string of the molecule is CN(CCCN(C)C(C)(C)C)CCCN(I)C(C)(C)C. The summed E-state index contributed by atoms with van der Waals surface area (Å²) in [7, 11) is 4.46. The lowest BCUT2D eigenvalue weighted by atomic mass is 10.1. The highest BCUT2D eigenvalue weighted by molar-refractivity contribution is 14.1. The molecule has 0 saturated heterocycles. The number of hydrogen-bond acceptors (Lipinski definition) is 3. The molecule has 0 heterocycles. The fourth-order valence-electron chi connectivity index (χ4n) is 1.84. The molecule has 0 N–H and O–H groups in total. The van der Waals surface area contributed by atoms with Crippen molar-refractivity contribution >= 4 is 22.9 Å². The number of halogens is 1. The standard InChI is InChI=1S/C16H36IN3/c1-15(2,3)19(8)13-9-11-18(7)12-10-14-20(17)16(4,5)6/h9-14H2,1-8H3. The minimum Gasteiger partial charge on any atom is -0.306 e. The summed E-state index contributed by atoms with van der Waals surface area (Å²) in [6.07, 6.45) is 2.49. The van der Waals surface area contributed by atoms with Crippen LogP contribution in [0.15, 0.2) is 0 Å².